The lowest BCUT2D eigenvalue weighted by atomic mass is 9.92. The number of fused-ring (bicyclic) bond motifs is 1. The number of hydrogen-bond donors (Lipinski definition) is 2. The van der Waals surface area contributed by atoms with Gasteiger partial charge in [-0.1, -0.05) is 25.1 Å². The van der Waals surface area contributed by atoms with Gasteiger partial charge in [-0.05, 0) is 25.3 Å². The Hall–Kier alpha value is -2.04. The standard InChI is InChI=1S/C16H21NO4/c1-11(16(19)20)5-4-9-17-15(18)13-8-10-21-14-7-3-2-6-12(13)14/h2-3,6-7,11,13H,4-5,8-10H2,1H3,(H,17,18)(H,19,20). The van der Waals surface area contributed by atoms with Gasteiger partial charge in [-0.15, -0.1) is 0 Å². The summed E-state index contributed by atoms with van der Waals surface area (Å²) < 4.78 is 5.54. The number of carbonyl (C=O) groups is 2. The Labute approximate surface area is 124 Å². The second kappa shape index (κ2) is 7.11. The topological polar surface area (TPSA) is 75.6 Å². The molecule has 0 aliphatic carbocycles. The van der Waals surface area contributed by atoms with Gasteiger partial charge in [-0.2, -0.15) is 0 Å². The fourth-order valence-electron chi connectivity index (χ4n) is 2.48. The molecule has 0 radical (unpaired) electrons. The smallest absolute Gasteiger partial charge is 0.306 e. The number of benzene rings is 1. The molecule has 2 unspecified atom stereocenters. The predicted molar refractivity (Wildman–Crippen MR) is 78.3 cm³/mol. The molecule has 21 heavy (non-hydrogen) atoms. The molecule has 2 N–H and O–H groups in total. The zero-order chi connectivity index (χ0) is 15.2. The van der Waals surface area contributed by atoms with Crippen LogP contribution in [0, 0.1) is 5.92 Å². The summed E-state index contributed by atoms with van der Waals surface area (Å²) in [6, 6.07) is 7.60. The van der Waals surface area contributed by atoms with Crippen molar-refractivity contribution in [3.8, 4) is 5.75 Å². The van der Waals surface area contributed by atoms with Crippen molar-refractivity contribution in [2.75, 3.05) is 13.2 Å². The molecule has 1 aromatic rings. The predicted octanol–water partition coefficient (Wildman–Crippen LogP) is 2.17. The fourth-order valence-corrected chi connectivity index (χ4v) is 2.48. The van der Waals surface area contributed by atoms with Crippen molar-refractivity contribution >= 4 is 11.9 Å². The van der Waals surface area contributed by atoms with Gasteiger partial charge in [0, 0.05) is 12.1 Å². The van der Waals surface area contributed by atoms with E-state index in [-0.39, 0.29) is 17.7 Å². The van der Waals surface area contributed by atoms with Gasteiger partial charge in [0.05, 0.1) is 18.4 Å². The summed E-state index contributed by atoms with van der Waals surface area (Å²) >= 11 is 0. The molecule has 0 spiro atoms. The first-order chi connectivity index (χ1) is 10.1. The third-order valence-electron chi connectivity index (χ3n) is 3.81. The highest BCUT2D eigenvalue weighted by atomic mass is 16.5. The minimum Gasteiger partial charge on any atom is -0.493 e. The van der Waals surface area contributed by atoms with Gasteiger partial charge in [-0.25, -0.2) is 0 Å². The SMILES string of the molecule is CC(CCCNC(=O)C1CCOc2ccccc21)C(=O)O. The van der Waals surface area contributed by atoms with E-state index in [1.807, 2.05) is 24.3 Å². The molecular formula is C16H21NO4. The molecule has 1 aliphatic heterocycles. The summed E-state index contributed by atoms with van der Waals surface area (Å²) in [5, 5.41) is 11.7. The highest BCUT2D eigenvalue weighted by molar-refractivity contribution is 5.84. The van der Waals surface area contributed by atoms with E-state index in [1.54, 1.807) is 6.92 Å². The van der Waals surface area contributed by atoms with E-state index in [4.69, 9.17) is 9.84 Å². The number of carbonyl (C=O) groups excluding carboxylic acids is 1. The van der Waals surface area contributed by atoms with Crippen molar-refractivity contribution in [3.05, 3.63) is 29.8 Å². The maximum atomic E-state index is 12.3. The van der Waals surface area contributed by atoms with Gasteiger partial charge < -0.3 is 15.2 Å². The molecule has 5 heteroatoms. The van der Waals surface area contributed by atoms with Crippen molar-refractivity contribution in [1.29, 1.82) is 0 Å². The van der Waals surface area contributed by atoms with Crippen molar-refractivity contribution < 1.29 is 19.4 Å². The van der Waals surface area contributed by atoms with Crippen molar-refractivity contribution in [2.24, 2.45) is 5.92 Å². The Bertz CT molecular complexity index is 515. The summed E-state index contributed by atoms with van der Waals surface area (Å²) in [5.41, 5.74) is 0.931. The van der Waals surface area contributed by atoms with Crippen LogP contribution in [0.25, 0.3) is 0 Å². The Morgan fingerprint density at radius 3 is 2.95 bits per heavy atom. The van der Waals surface area contributed by atoms with E-state index in [0.29, 0.717) is 32.4 Å². The first-order valence-corrected chi connectivity index (χ1v) is 7.32. The van der Waals surface area contributed by atoms with Gasteiger partial charge in [0.15, 0.2) is 0 Å². The number of nitrogens with one attached hydrogen (secondary N) is 1. The highest BCUT2D eigenvalue weighted by Crippen LogP contribution is 2.33. The van der Waals surface area contributed by atoms with Crippen LogP contribution in [0.2, 0.25) is 0 Å². The van der Waals surface area contributed by atoms with Crippen molar-refractivity contribution in [2.45, 2.75) is 32.1 Å². The molecule has 1 aliphatic rings. The second-order valence-electron chi connectivity index (χ2n) is 5.40. The van der Waals surface area contributed by atoms with E-state index in [0.717, 1.165) is 11.3 Å². The quantitative estimate of drug-likeness (QED) is 0.788. The maximum Gasteiger partial charge on any atom is 0.306 e. The van der Waals surface area contributed by atoms with E-state index < -0.39 is 5.97 Å². The fraction of sp³-hybridized carbons (Fsp3) is 0.500. The van der Waals surface area contributed by atoms with Crippen LogP contribution in [0.15, 0.2) is 24.3 Å². The average molecular weight is 291 g/mol. The molecule has 1 aromatic carbocycles. The van der Waals surface area contributed by atoms with Crippen molar-refractivity contribution in [3.63, 3.8) is 0 Å². The first-order valence-electron chi connectivity index (χ1n) is 7.32. The van der Waals surface area contributed by atoms with E-state index in [1.165, 1.54) is 0 Å². The number of aliphatic carboxylic acids is 1. The van der Waals surface area contributed by atoms with Crippen LogP contribution in [0.3, 0.4) is 0 Å². The van der Waals surface area contributed by atoms with Crippen LogP contribution in [0.1, 0.15) is 37.7 Å². The van der Waals surface area contributed by atoms with E-state index >= 15 is 0 Å². The van der Waals surface area contributed by atoms with Crippen LogP contribution in [0.4, 0.5) is 0 Å². The summed E-state index contributed by atoms with van der Waals surface area (Å²) in [6.45, 7) is 2.74. The van der Waals surface area contributed by atoms with Gasteiger partial charge in [0.2, 0.25) is 5.91 Å². The maximum absolute atomic E-state index is 12.3. The molecule has 5 nitrogen and oxygen atoms in total. The number of ether oxygens (including phenoxy) is 1. The van der Waals surface area contributed by atoms with Gasteiger partial charge in [-0.3, -0.25) is 9.59 Å². The monoisotopic (exact) mass is 291 g/mol. The zero-order valence-electron chi connectivity index (χ0n) is 12.2. The largest absolute Gasteiger partial charge is 0.493 e. The number of hydrogen-bond acceptors (Lipinski definition) is 3. The molecule has 0 bridgehead atoms. The zero-order valence-corrected chi connectivity index (χ0v) is 12.2. The van der Waals surface area contributed by atoms with Gasteiger partial charge in [0.1, 0.15) is 5.75 Å². The number of para-hydroxylation sites is 1. The number of carboxylic acid groups (broad SMARTS) is 1. The molecule has 0 saturated heterocycles. The van der Waals surface area contributed by atoms with Gasteiger partial charge >= 0.3 is 5.97 Å². The average Bonchev–Trinajstić information content (AvgIpc) is 2.50. The van der Waals surface area contributed by atoms with Crippen molar-refractivity contribution in [1.82, 2.24) is 5.32 Å². The van der Waals surface area contributed by atoms with E-state index in [9.17, 15) is 9.59 Å². The normalized spacial score (nSPS) is 18.2. The molecule has 1 heterocycles. The summed E-state index contributed by atoms with van der Waals surface area (Å²) in [7, 11) is 0. The molecule has 0 aromatic heterocycles. The second-order valence-corrected chi connectivity index (χ2v) is 5.40. The number of amides is 1. The molecule has 2 rings (SSSR count). The Balaban J connectivity index is 1.83. The van der Waals surface area contributed by atoms with Crippen LogP contribution in [-0.2, 0) is 9.59 Å². The van der Waals surface area contributed by atoms with Gasteiger partial charge in [0.25, 0.3) is 0 Å². The Morgan fingerprint density at radius 1 is 1.43 bits per heavy atom. The Morgan fingerprint density at radius 2 is 2.19 bits per heavy atom. The lowest BCUT2D eigenvalue weighted by molar-refractivity contribution is -0.141. The molecule has 0 saturated carbocycles. The van der Waals surface area contributed by atoms with E-state index in [2.05, 4.69) is 5.32 Å². The molecule has 2 atom stereocenters. The van der Waals surface area contributed by atoms with Crippen LogP contribution in [0.5, 0.6) is 5.75 Å². The minimum atomic E-state index is -0.792. The molecule has 0 fully saturated rings. The van der Waals surface area contributed by atoms with Crippen LogP contribution in [-0.4, -0.2) is 30.1 Å². The molecule has 1 amide bonds. The summed E-state index contributed by atoms with van der Waals surface area (Å²) in [5.74, 6) is -0.561. The summed E-state index contributed by atoms with van der Waals surface area (Å²) in [4.78, 5) is 23.0. The highest BCUT2D eigenvalue weighted by Gasteiger charge is 2.27. The lowest BCUT2D eigenvalue weighted by Crippen LogP contribution is -2.33. The first kappa shape index (κ1) is 15.4. The lowest BCUT2D eigenvalue weighted by Gasteiger charge is -2.25. The number of rotatable bonds is 6. The molecular weight excluding hydrogens is 270 g/mol. The molecule has 114 valence electrons. The summed E-state index contributed by atoms with van der Waals surface area (Å²) in [6.07, 6.45) is 1.92. The third kappa shape index (κ3) is 3.97. The number of carboxylic acids is 1. The van der Waals surface area contributed by atoms with Crippen LogP contribution < -0.4 is 10.1 Å². The Kier molecular flexibility index (Phi) is 5.20. The third-order valence-corrected chi connectivity index (χ3v) is 3.81. The minimum absolute atomic E-state index is 0.00581. The van der Waals surface area contributed by atoms with Crippen LogP contribution >= 0.6 is 0 Å².